The minimum Gasteiger partial charge on any atom is -0.491 e. The molecule has 2 unspecified atom stereocenters. The van der Waals surface area contributed by atoms with Crippen molar-refractivity contribution in [3.63, 3.8) is 0 Å². The van der Waals surface area contributed by atoms with Gasteiger partial charge in [-0.05, 0) is 103 Å². The van der Waals surface area contributed by atoms with Gasteiger partial charge < -0.3 is 29.0 Å². The summed E-state index contributed by atoms with van der Waals surface area (Å²) in [6.45, 7) is 12.9. The van der Waals surface area contributed by atoms with Crippen LogP contribution in [0.4, 0.5) is 5.69 Å². The highest BCUT2D eigenvalue weighted by Gasteiger charge is 2.29. The summed E-state index contributed by atoms with van der Waals surface area (Å²) in [4.78, 5) is 18.9. The van der Waals surface area contributed by atoms with E-state index < -0.39 is 10.8 Å². The van der Waals surface area contributed by atoms with Crippen molar-refractivity contribution in [2.24, 2.45) is 10.9 Å². The maximum absolute atomic E-state index is 13.6. The van der Waals surface area contributed by atoms with E-state index in [1.165, 1.54) is 16.8 Å². The van der Waals surface area contributed by atoms with Gasteiger partial charge in [0.05, 0.1) is 65.8 Å². The van der Waals surface area contributed by atoms with E-state index in [2.05, 4.69) is 77.0 Å². The summed E-state index contributed by atoms with van der Waals surface area (Å²) in [7, 11) is -1.15. The Labute approximate surface area is 310 Å². The maximum atomic E-state index is 13.6. The number of unbranched alkanes of at least 4 members (excludes halogenated alkanes) is 1. The van der Waals surface area contributed by atoms with Crippen molar-refractivity contribution in [3.05, 3.63) is 72.1 Å². The second-order valence-electron chi connectivity index (χ2n) is 14.3. The average molecular weight is 724 g/mol. The van der Waals surface area contributed by atoms with Crippen molar-refractivity contribution in [2.75, 3.05) is 63.3 Å². The zero-order valence-corrected chi connectivity index (χ0v) is 31.7. The first-order chi connectivity index (χ1) is 25.5. The number of nitrogens with one attached hydrogen (secondary N) is 1. The zero-order valence-electron chi connectivity index (χ0n) is 30.9. The first kappa shape index (κ1) is 36.4. The Kier molecular flexibility index (Phi) is 12.0. The van der Waals surface area contributed by atoms with Crippen LogP contribution >= 0.6 is 0 Å². The molecule has 52 heavy (non-hydrogen) atoms. The first-order valence-electron chi connectivity index (χ1n) is 19.1. The van der Waals surface area contributed by atoms with Crippen molar-refractivity contribution < 1.29 is 18.4 Å². The van der Waals surface area contributed by atoms with E-state index in [1.807, 2.05) is 36.7 Å². The minimum absolute atomic E-state index is 0.143. The lowest BCUT2D eigenvalue weighted by Gasteiger charge is -2.35. The van der Waals surface area contributed by atoms with E-state index in [0.29, 0.717) is 24.9 Å². The van der Waals surface area contributed by atoms with Crippen molar-refractivity contribution >= 4 is 45.5 Å². The van der Waals surface area contributed by atoms with Crippen molar-refractivity contribution in [1.82, 2.24) is 14.9 Å². The number of imidazole rings is 1. The van der Waals surface area contributed by atoms with E-state index in [4.69, 9.17) is 19.2 Å². The largest absolute Gasteiger partial charge is 0.491 e. The van der Waals surface area contributed by atoms with E-state index in [9.17, 15) is 4.21 Å². The Morgan fingerprint density at radius 2 is 1.83 bits per heavy atom. The lowest BCUT2D eigenvalue weighted by Crippen LogP contribution is -2.40. The van der Waals surface area contributed by atoms with Gasteiger partial charge >= 0.3 is 0 Å². The van der Waals surface area contributed by atoms with Gasteiger partial charge in [0.2, 0.25) is 0 Å². The van der Waals surface area contributed by atoms with Crippen molar-refractivity contribution in [1.29, 1.82) is 0 Å². The van der Waals surface area contributed by atoms with E-state index in [1.54, 1.807) is 0 Å². The van der Waals surface area contributed by atoms with Crippen LogP contribution in [-0.2, 0) is 20.3 Å². The van der Waals surface area contributed by atoms with Crippen LogP contribution in [0.25, 0.3) is 33.8 Å². The number of fused-ring (bicyclic) bond motifs is 2. The fraction of sp³-hybridized carbons (Fsp3) is 0.476. The lowest BCUT2D eigenvalue weighted by atomic mass is 9.95. The summed E-state index contributed by atoms with van der Waals surface area (Å²) >= 11 is 0. The fourth-order valence-electron chi connectivity index (χ4n) is 7.27. The lowest BCUT2D eigenvalue weighted by molar-refractivity contribution is -0.0276. The number of aromatic nitrogens is 2. The quantitative estimate of drug-likeness (QED) is 0.118. The number of aromatic amines is 1. The third kappa shape index (κ3) is 8.62. The third-order valence-corrected chi connectivity index (χ3v) is 11.8. The molecule has 276 valence electrons. The number of ether oxygens (including phenoxy) is 3. The highest BCUT2D eigenvalue weighted by Crippen LogP contribution is 2.36. The number of hydrogen-bond acceptors (Lipinski definition) is 8. The van der Waals surface area contributed by atoms with Crippen molar-refractivity contribution in [3.8, 4) is 16.9 Å². The predicted molar refractivity (Wildman–Crippen MR) is 213 cm³/mol. The SMILES string of the molecule is CCCCOCCOc1ccc(-c2ccc3c(c2)/C=C(/c2nc4ccc([S@@](=O)CC5C(C)N=CN5CCC)cc4[nH]2)CCCN3CC2COC2)cc1. The number of allylic oxidation sites excluding steroid dienone is 1. The molecule has 0 aliphatic carbocycles. The van der Waals surface area contributed by atoms with Crippen LogP contribution in [0, 0.1) is 5.92 Å². The van der Waals surface area contributed by atoms with E-state index in [0.717, 1.165) is 110 Å². The topological polar surface area (TPSA) is 92.3 Å². The molecule has 0 radical (unpaired) electrons. The summed E-state index contributed by atoms with van der Waals surface area (Å²) in [5, 5.41) is 0. The predicted octanol–water partition coefficient (Wildman–Crippen LogP) is 7.83. The number of aliphatic imine (C=N–C) groups is 1. The molecule has 4 aromatic rings. The van der Waals surface area contributed by atoms with Crippen LogP contribution in [0.1, 0.15) is 64.3 Å². The molecule has 0 saturated carbocycles. The molecule has 1 N–H and O–H groups in total. The minimum atomic E-state index is -1.15. The van der Waals surface area contributed by atoms with E-state index >= 15 is 0 Å². The van der Waals surface area contributed by atoms with Gasteiger partial charge in [-0.25, -0.2) is 4.98 Å². The van der Waals surface area contributed by atoms with Crippen molar-refractivity contribution in [2.45, 2.75) is 69.9 Å². The molecular formula is C42H53N5O4S. The molecular weight excluding hydrogens is 671 g/mol. The van der Waals surface area contributed by atoms with Crippen LogP contribution in [-0.4, -0.2) is 95.9 Å². The fourth-order valence-corrected chi connectivity index (χ4v) is 8.71. The Balaban J connectivity index is 1.12. The molecule has 7 rings (SSSR count). The number of anilines is 1. The molecule has 0 spiro atoms. The van der Waals surface area contributed by atoms with Gasteiger partial charge in [-0.3, -0.25) is 9.20 Å². The highest BCUT2D eigenvalue weighted by molar-refractivity contribution is 7.85. The molecule has 0 bridgehead atoms. The molecule has 3 aromatic carbocycles. The second-order valence-corrected chi connectivity index (χ2v) is 15.8. The van der Waals surface area contributed by atoms with Gasteiger partial charge in [0.25, 0.3) is 0 Å². The van der Waals surface area contributed by atoms with Crippen LogP contribution < -0.4 is 9.64 Å². The molecule has 1 fully saturated rings. The summed E-state index contributed by atoms with van der Waals surface area (Å²) < 4.78 is 30.7. The number of rotatable bonds is 16. The molecule has 4 heterocycles. The van der Waals surface area contributed by atoms with Crippen LogP contribution in [0.2, 0.25) is 0 Å². The van der Waals surface area contributed by atoms with Gasteiger partial charge in [0.15, 0.2) is 0 Å². The summed E-state index contributed by atoms with van der Waals surface area (Å²) in [5.74, 6) is 2.85. The zero-order chi connectivity index (χ0) is 35.9. The average Bonchev–Trinajstić information content (AvgIpc) is 3.71. The molecule has 10 heteroatoms. The number of nitrogens with zero attached hydrogens (tertiary/aromatic N) is 4. The van der Waals surface area contributed by atoms with Crippen LogP contribution in [0.3, 0.4) is 0 Å². The van der Waals surface area contributed by atoms with Gasteiger partial charge in [0.1, 0.15) is 18.2 Å². The smallest absolute Gasteiger partial charge is 0.134 e. The molecule has 3 atom stereocenters. The van der Waals surface area contributed by atoms with Gasteiger partial charge in [-0.15, -0.1) is 0 Å². The molecule has 9 nitrogen and oxygen atoms in total. The molecule has 3 aliphatic rings. The molecule has 3 aliphatic heterocycles. The standard InChI is InChI=1S/C42H53N5O4S/c1-4-6-19-49-20-21-51-36-12-9-32(10-13-36)33-11-16-40-35(22-33)23-34(8-7-18-46(40)25-31-26-50-27-31)42-44-38-15-14-37(24-39(38)45-42)52(48)28-41-30(3)43-29-47(41)17-5-2/h9-16,22-24,29-31,41H,4-8,17-21,25-28H2,1-3H3,(H,44,45)/b34-23+/t30?,41?,52-/m0/s1. The number of benzene rings is 3. The highest BCUT2D eigenvalue weighted by atomic mass is 32.2. The number of H-pyrrole nitrogens is 1. The normalized spacial score (nSPS) is 20.6. The first-order valence-corrected chi connectivity index (χ1v) is 20.5. The Morgan fingerprint density at radius 3 is 2.62 bits per heavy atom. The second kappa shape index (κ2) is 17.2. The molecule has 0 amide bonds. The maximum Gasteiger partial charge on any atom is 0.134 e. The molecule has 1 saturated heterocycles. The monoisotopic (exact) mass is 723 g/mol. The van der Waals surface area contributed by atoms with E-state index in [-0.39, 0.29) is 12.1 Å². The third-order valence-electron chi connectivity index (χ3n) is 10.3. The van der Waals surface area contributed by atoms with Crippen LogP contribution in [0.15, 0.2) is 70.6 Å². The molecule has 1 aromatic heterocycles. The summed E-state index contributed by atoms with van der Waals surface area (Å²) in [6.07, 6.45) is 9.43. The summed E-state index contributed by atoms with van der Waals surface area (Å²) in [6, 6.07) is 21.5. The van der Waals surface area contributed by atoms with Gasteiger partial charge in [-0.1, -0.05) is 38.5 Å². The Morgan fingerprint density at radius 1 is 0.981 bits per heavy atom. The Hall–Kier alpha value is -3.99. The number of hydrogen-bond donors (Lipinski definition) is 1. The Bertz CT molecular complexity index is 1880. The van der Waals surface area contributed by atoms with Gasteiger partial charge in [0, 0.05) is 42.7 Å². The van der Waals surface area contributed by atoms with Gasteiger partial charge in [-0.2, -0.15) is 0 Å². The van der Waals surface area contributed by atoms with Crippen LogP contribution in [0.5, 0.6) is 5.75 Å². The summed E-state index contributed by atoms with van der Waals surface area (Å²) in [5.41, 5.74) is 7.72.